The van der Waals surface area contributed by atoms with E-state index in [1.807, 2.05) is 66.7 Å². The molecule has 3 amide bonds. The van der Waals surface area contributed by atoms with Crippen molar-refractivity contribution in [2.45, 2.75) is 38.1 Å². The largest absolute Gasteiger partial charge is 0.481 e. The zero-order valence-electron chi connectivity index (χ0n) is 20.3. The van der Waals surface area contributed by atoms with Gasteiger partial charge in [0.2, 0.25) is 11.8 Å². The molecule has 36 heavy (non-hydrogen) atoms. The number of nitrogens with zero attached hydrogens (tertiary/aromatic N) is 1. The first-order valence-electron chi connectivity index (χ1n) is 11.9. The summed E-state index contributed by atoms with van der Waals surface area (Å²) in [6.45, 7) is 0.106. The van der Waals surface area contributed by atoms with E-state index in [1.54, 1.807) is 0 Å². The molecular weight excluding hydrogens is 458 g/mol. The molecule has 0 aromatic heterocycles. The highest BCUT2D eigenvalue weighted by atomic mass is 16.4. The van der Waals surface area contributed by atoms with Crippen LogP contribution in [0.25, 0.3) is 10.8 Å². The molecule has 0 bridgehead atoms. The molecule has 0 saturated carbocycles. The molecule has 0 spiro atoms. The number of nitrogens with two attached hydrogens (primary N) is 1. The minimum absolute atomic E-state index is 0.00999. The van der Waals surface area contributed by atoms with Crippen LogP contribution in [0.1, 0.15) is 47.2 Å². The van der Waals surface area contributed by atoms with Crippen LogP contribution >= 0.6 is 0 Å². The van der Waals surface area contributed by atoms with Gasteiger partial charge in [0.1, 0.15) is 6.04 Å². The third-order valence-corrected chi connectivity index (χ3v) is 6.01. The maximum absolute atomic E-state index is 13.5. The van der Waals surface area contributed by atoms with Gasteiger partial charge in [-0.25, -0.2) is 0 Å². The summed E-state index contributed by atoms with van der Waals surface area (Å²) in [6, 6.07) is 20.4. The Morgan fingerprint density at radius 2 is 1.58 bits per heavy atom. The number of nitrogens with one attached hydrogen (secondary N) is 1. The van der Waals surface area contributed by atoms with E-state index in [2.05, 4.69) is 5.32 Å². The molecule has 1 atom stereocenters. The van der Waals surface area contributed by atoms with Gasteiger partial charge >= 0.3 is 5.97 Å². The van der Waals surface area contributed by atoms with E-state index in [9.17, 15) is 19.2 Å². The Morgan fingerprint density at radius 1 is 0.944 bits per heavy atom. The summed E-state index contributed by atoms with van der Waals surface area (Å²) in [5.74, 6) is -2.33. The lowest BCUT2D eigenvalue weighted by Gasteiger charge is -2.25. The summed E-state index contributed by atoms with van der Waals surface area (Å²) < 4.78 is 0. The van der Waals surface area contributed by atoms with E-state index >= 15 is 0 Å². The van der Waals surface area contributed by atoms with Crippen molar-refractivity contribution in [3.63, 3.8) is 0 Å². The van der Waals surface area contributed by atoms with Gasteiger partial charge in [0.05, 0.1) is 0 Å². The number of rotatable bonds is 12. The number of benzene rings is 3. The minimum Gasteiger partial charge on any atom is -0.481 e. The zero-order chi connectivity index (χ0) is 26.1. The second kappa shape index (κ2) is 12.5. The van der Waals surface area contributed by atoms with Crippen LogP contribution in [-0.2, 0) is 20.8 Å². The number of carbonyl (C=O) groups is 4. The fraction of sp³-hybridized carbons (Fsp3) is 0.286. The van der Waals surface area contributed by atoms with Crippen LogP contribution in [0.4, 0.5) is 0 Å². The summed E-state index contributed by atoms with van der Waals surface area (Å²) in [6.07, 6.45) is 0.762. The van der Waals surface area contributed by atoms with Crippen molar-refractivity contribution in [1.82, 2.24) is 10.2 Å². The van der Waals surface area contributed by atoms with E-state index in [1.165, 1.54) is 11.9 Å². The summed E-state index contributed by atoms with van der Waals surface area (Å²) in [5.41, 5.74) is 7.51. The number of aliphatic carboxylic acids is 1. The van der Waals surface area contributed by atoms with Crippen molar-refractivity contribution in [2.24, 2.45) is 5.73 Å². The van der Waals surface area contributed by atoms with Crippen LogP contribution in [0.3, 0.4) is 0 Å². The van der Waals surface area contributed by atoms with Gasteiger partial charge in [0.15, 0.2) is 0 Å². The van der Waals surface area contributed by atoms with Crippen LogP contribution < -0.4 is 11.1 Å². The number of carbonyl (C=O) groups excluding carboxylic acids is 3. The van der Waals surface area contributed by atoms with Crippen molar-refractivity contribution in [2.75, 3.05) is 13.6 Å². The first kappa shape index (κ1) is 26.4. The Bertz CT molecular complexity index is 1240. The topological polar surface area (TPSA) is 130 Å². The second-order valence-electron chi connectivity index (χ2n) is 8.81. The van der Waals surface area contributed by atoms with E-state index in [0.717, 1.165) is 21.9 Å². The number of likely N-dealkylation sites (N-methyl/N-ethyl adjacent to an activating group) is 1. The normalized spacial score (nSPS) is 11.6. The number of hydrogen-bond acceptors (Lipinski definition) is 4. The maximum atomic E-state index is 13.5. The first-order chi connectivity index (χ1) is 17.2. The van der Waals surface area contributed by atoms with Gasteiger partial charge in [-0.2, -0.15) is 0 Å². The van der Waals surface area contributed by atoms with Crippen LogP contribution in [0.5, 0.6) is 0 Å². The molecule has 3 aromatic carbocycles. The standard InChI is InChI=1S/C28H31N3O5/c1-31(15-14-25(29)32)28(36)24(12-7-13-26(33)34)30-27(35)23-18-21-11-6-5-10-20(21)17-22(23)16-19-8-3-2-4-9-19/h2-6,8-11,17-18,24H,7,12-16H2,1H3,(H2,29,32)(H,30,35)(H,33,34)/t24-/m0/s1. The number of primary amides is 1. The second-order valence-corrected chi connectivity index (χ2v) is 8.81. The van der Waals surface area contributed by atoms with Gasteiger partial charge in [-0.1, -0.05) is 60.7 Å². The van der Waals surface area contributed by atoms with Crippen molar-refractivity contribution in [1.29, 1.82) is 0 Å². The van der Waals surface area contributed by atoms with Gasteiger partial charge in [0, 0.05) is 32.0 Å². The van der Waals surface area contributed by atoms with Gasteiger partial charge in [-0.3, -0.25) is 19.2 Å². The quantitative estimate of drug-likeness (QED) is 0.360. The van der Waals surface area contributed by atoms with Gasteiger partial charge in [-0.05, 0) is 47.2 Å². The predicted molar refractivity (Wildman–Crippen MR) is 137 cm³/mol. The molecule has 3 rings (SSSR count). The molecule has 188 valence electrons. The highest BCUT2D eigenvalue weighted by Crippen LogP contribution is 2.23. The Morgan fingerprint density at radius 3 is 2.22 bits per heavy atom. The van der Waals surface area contributed by atoms with Crippen molar-refractivity contribution < 1.29 is 24.3 Å². The summed E-state index contributed by atoms with van der Waals surface area (Å²) >= 11 is 0. The lowest BCUT2D eigenvalue weighted by molar-refractivity contribution is -0.138. The third kappa shape index (κ3) is 7.40. The smallest absolute Gasteiger partial charge is 0.303 e. The summed E-state index contributed by atoms with van der Waals surface area (Å²) in [5, 5.41) is 13.7. The maximum Gasteiger partial charge on any atom is 0.303 e. The SMILES string of the molecule is CN(CCC(N)=O)C(=O)[C@H](CCCC(=O)O)NC(=O)c1cc2ccccc2cc1Cc1ccccc1. The van der Waals surface area contributed by atoms with E-state index in [4.69, 9.17) is 10.8 Å². The summed E-state index contributed by atoms with van der Waals surface area (Å²) in [4.78, 5) is 50.1. The Balaban J connectivity index is 1.89. The molecule has 3 aromatic rings. The van der Waals surface area contributed by atoms with Gasteiger partial charge in [0.25, 0.3) is 5.91 Å². The van der Waals surface area contributed by atoms with Gasteiger partial charge < -0.3 is 21.1 Å². The first-order valence-corrected chi connectivity index (χ1v) is 11.9. The number of hydrogen-bond donors (Lipinski definition) is 3. The predicted octanol–water partition coefficient (Wildman–Crippen LogP) is 3.12. The highest BCUT2D eigenvalue weighted by Gasteiger charge is 2.26. The Kier molecular flexibility index (Phi) is 9.16. The molecule has 0 aliphatic heterocycles. The van der Waals surface area contributed by atoms with Crippen LogP contribution in [0.2, 0.25) is 0 Å². The average molecular weight is 490 g/mol. The van der Waals surface area contributed by atoms with Crippen molar-refractivity contribution >= 4 is 34.5 Å². The van der Waals surface area contributed by atoms with E-state index in [0.29, 0.717) is 12.0 Å². The van der Waals surface area contributed by atoms with E-state index in [-0.39, 0.29) is 32.2 Å². The molecule has 0 aliphatic carbocycles. The molecule has 4 N–H and O–H groups in total. The lowest BCUT2D eigenvalue weighted by atomic mass is 9.95. The fourth-order valence-electron chi connectivity index (χ4n) is 4.07. The van der Waals surface area contributed by atoms with E-state index < -0.39 is 29.7 Å². The molecule has 0 heterocycles. The fourth-order valence-corrected chi connectivity index (χ4v) is 4.07. The number of amides is 3. The number of carboxylic acid groups (broad SMARTS) is 1. The molecule has 8 nitrogen and oxygen atoms in total. The molecule has 0 fully saturated rings. The number of carboxylic acids is 1. The van der Waals surface area contributed by atoms with Gasteiger partial charge in [-0.15, -0.1) is 0 Å². The van der Waals surface area contributed by atoms with Crippen LogP contribution in [0, 0.1) is 0 Å². The van der Waals surface area contributed by atoms with Crippen molar-refractivity contribution in [3.8, 4) is 0 Å². The summed E-state index contributed by atoms with van der Waals surface area (Å²) in [7, 11) is 1.53. The molecule has 0 unspecified atom stereocenters. The van der Waals surface area contributed by atoms with Crippen LogP contribution in [0.15, 0.2) is 66.7 Å². The zero-order valence-corrected chi connectivity index (χ0v) is 20.3. The molecule has 0 radical (unpaired) electrons. The molecule has 0 aliphatic rings. The number of fused-ring (bicyclic) bond motifs is 1. The Labute approximate surface area is 210 Å². The third-order valence-electron chi connectivity index (χ3n) is 6.01. The molecular formula is C28H31N3O5. The highest BCUT2D eigenvalue weighted by molar-refractivity contribution is 6.02. The molecule has 8 heteroatoms. The molecule has 0 saturated heterocycles. The Hall–Kier alpha value is -4.20. The average Bonchev–Trinajstić information content (AvgIpc) is 2.86. The lowest BCUT2D eigenvalue weighted by Crippen LogP contribution is -2.48. The van der Waals surface area contributed by atoms with Crippen molar-refractivity contribution in [3.05, 3.63) is 83.4 Å². The van der Waals surface area contributed by atoms with Crippen LogP contribution in [-0.4, -0.2) is 53.3 Å². The monoisotopic (exact) mass is 489 g/mol. The minimum atomic E-state index is -0.978.